The summed E-state index contributed by atoms with van der Waals surface area (Å²) >= 11 is 0. The van der Waals surface area contributed by atoms with Crippen LogP contribution < -0.4 is 14.2 Å². The van der Waals surface area contributed by atoms with E-state index in [4.69, 9.17) is 14.2 Å². The van der Waals surface area contributed by atoms with Crippen LogP contribution in [0.15, 0.2) is 36.4 Å². The first-order valence-electron chi connectivity index (χ1n) is 14.3. The van der Waals surface area contributed by atoms with Crippen molar-refractivity contribution in [3.63, 3.8) is 0 Å². The van der Waals surface area contributed by atoms with Crippen LogP contribution in [-0.2, 0) is 11.3 Å². The lowest BCUT2D eigenvalue weighted by Gasteiger charge is -2.36. The van der Waals surface area contributed by atoms with Gasteiger partial charge in [-0.05, 0) is 47.6 Å². The molecule has 1 aliphatic heterocycles. The standard InChI is InChI=1S/C32H46FN3O5/c1-23(21-32(2,3)4)18-29(37)36(22-24-8-10-26(33)11-9-24)17-14-34-12-15-35(16-13-34)31(38)25-19-27(39-5)30(41-7)28(20-25)40-6/h8-11,19-20,23H,12-18,21-22H2,1-7H3. The summed E-state index contributed by atoms with van der Waals surface area (Å²) in [7, 11) is 4.58. The van der Waals surface area contributed by atoms with Crippen LogP contribution in [0.4, 0.5) is 4.39 Å². The quantitative estimate of drug-likeness (QED) is 0.353. The Morgan fingerprint density at radius 1 is 0.951 bits per heavy atom. The van der Waals surface area contributed by atoms with Gasteiger partial charge in [0.05, 0.1) is 21.3 Å². The highest BCUT2D eigenvalue weighted by Gasteiger charge is 2.26. The molecule has 226 valence electrons. The van der Waals surface area contributed by atoms with E-state index in [9.17, 15) is 14.0 Å². The third kappa shape index (κ3) is 9.35. The summed E-state index contributed by atoms with van der Waals surface area (Å²) in [6.45, 7) is 13.0. The molecule has 2 aromatic rings. The molecule has 1 atom stereocenters. The molecule has 41 heavy (non-hydrogen) atoms. The Morgan fingerprint density at radius 3 is 2.05 bits per heavy atom. The minimum atomic E-state index is -0.288. The fourth-order valence-electron chi connectivity index (χ4n) is 5.47. The van der Waals surface area contributed by atoms with Gasteiger partial charge in [-0.2, -0.15) is 0 Å². The average molecular weight is 572 g/mol. The number of nitrogens with zero attached hydrogens (tertiary/aromatic N) is 3. The molecule has 2 amide bonds. The lowest BCUT2D eigenvalue weighted by Crippen LogP contribution is -2.50. The van der Waals surface area contributed by atoms with E-state index in [0.29, 0.717) is 75.0 Å². The van der Waals surface area contributed by atoms with Gasteiger partial charge in [-0.25, -0.2) is 4.39 Å². The van der Waals surface area contributed by atoms with Crippen LogP contribution in [0, 0.1) is 17.2 Å². The molecular formula is C32H46FN3O5. The molecule has 0 N–H and O–H groups in total. The lowest BCUT2D eigenvalue weighted by molar-refractivity contribution is -0.133. The van der Waals surface area contributed by atoms with Crippen molar-refractivity contribution in [2.24, 2.45) is 11.3 Å². The SMILES string of the molecule is COc1cc(C(=O)N2CCN(CCN(Cc3ccc(F)cc3)C(=O)CC(C)CC(C)(C)C)CC2)cc(OC)c1OC. The lowest BCUT2D eigenvalue weighted by atomic mass is 9.84. The second-order valence-electron chi connectivity index (χ2n) is 12.1. The van der Waals surface area contributed by atoms with Gasteiger partial charge in [-0.3, -0.25) is 14.5 Å². The van der Waals surface area contributed by atoms with Crippen LogP contribution in [0.2, 0.25) is 0 Å². The first-order chi connectivity index (χ1) is 19.4. The zero-order valence-electron chi connectivity index (χ0n) is 25.7. The maximum absolute atomic E-state index is 13.5. The number of benzene rings is 2. The van der Waals surface area contributed by atoms with Gasteiger partial charge in [0, 0.05) is 57.8 Å². The molecule has 0 radical (unpaired) electrons. The average Bonchev–Trinajstić information content (AvgIpc) is 2.94. The molecule has 1 heterocycles. The van der Waals surface area contributed by atoms with Gasteiger partial charge in [0.1, 0.15) is 5.82 Å². The molecule has 1 unspecified atom stereocenters. The highest BCUT2D eigenvalue weighted by atomic mass is 19.1. The Labute approximate surface area is 244 Å². The molecule has 0 aliphatic carbocycles. The van der Waals surface area contributed by atoms with Crippen LogP contribution in [0.5, 0.6) is 17.2 Å². The molecule has 1 aliphatic rings. The van der Waals surface area contributed by atoms with Gasteiger partial charge in [0.15, 0.2) is 11.5 Å². The van der Waals surface area contributed by atoms with Crippen molar-refractivity contribution in [1.82, 2.24) is 14.7 Å². The summed E-state index contributed by atoms with van der Waals surface area (Å²) in [5.74, 6) is 1.33. The van der Waals surface area contributed by atoms with E-state index in [1.54, 1.807) is 24.3 Å². The van der Waals surface area contributed by atoms with E-state index < -0.39 is 0 Å². The Morgan fingerprint density at radius 2 is 1.54 bits per heavy atom. The number of piperazine rings is 1. The fraction of sp³-hybridized carbons (Fsp3) is 0.562. The number of rotatable bonds is 12. The Balaban J connectivity index is 1.61. The number of hydrogen-bond acceptors (Lipinski definition) is 6. The van der Waals surface area contributed by atoms with Crippen LogP contribution in [-0.4, -0.2) is 87.1 Å². The van der Waals surface area contributed by atoms with Gasteiger partial charge in [0.25, 0.3) is 5.91 Å². The molecule has 1 saturated heterocycles. The third-order valence-corrected chi connectivity index (χ3v) is 7.38. The summed E-state index contributed by atoms with van der Waals surface area (Å²) in [6.07, 6.45) is 1.45. The Kier molecular flexibility index (Phi) is 11.4. The van der Waals surface area contributed by atoms with Crippen LogP contribution in [0.25, 0.3) is 0 Å². The first-order valence-corrected chi connectivity index (χ1v) is 14.3. The van der Waals surface area contributed by atoms with Gasteiger partial charge < -0.3 is 24.0 Å². The van der Waals surface area contributed by atoms with E-state index in [-0.39, 0.29) is 29.0 Å². The molecule has 3 rings (SSSR count). The second-order valence-corrected chi connectivity index (χ2v) is 12.1. The number of carbonyl (C=O) groups excluding carboxylic acids is 2. The van der Waals surface area contributed by atoms with E-state index in [1.165, 1.54) is 33.5 Å². The number of ether oxygens (including phenoxy) is 3. The van der Waals surface area contributed by atoms with Gasteiger partial charge in [-0.15, -0.1) is 0 Å². The number of methoxy groups -OCH3 is 3. The first kappa shape index (κ1) is 32.2. The van der Waals surface area contributed by atoms with Crippen molar-refractivity contribution in [1.29, 1.82) is 0 Å². The Hall–Kier alpha value is -3.33. The number of hydrogen-bond donors (Lipinski definition) is 0. The predicted octanol–water partition coefficient (Wildman–Crippen LogP) is 5.10. The fourth-order valence-corrected chi connectivity index (χ4v) is 5.47. The highest BCUT2D eigenvalue weighted by molar-refractivity contribution is 5.95. The largest absolute Gasteiger partial charge is 0.493 e. The van der Waals surface area contributed by atoms with Crippen molar-refractivity contribution in [3.8, 4) is 17.2 Å². The number of amides is 2. The summed E-state index contributed by atoms with van der Waals surface area (Å²) in [5.41, 5.74) is 1.54. The van der Waals surface area contributed by atoms with Crippen molar-refractivity contribution in [3.05, 3.63) is 53.3 Å². The molecule has 8 nitrogen and oxygen atoms in total. The van der Waals surface area contributed by atoms with E-state index in [1.807, 2.05) is 9.80 Å². The molecule has 2 aromatic carbocycles. The third-order valence-electron chi connectivity index (χ3n) is 7.38. The maximum Gasteiger partial charge on any atom is 0.254 e. The minimum Gasteiger partial charge on any atom is -0.493 e. The molecule has 9 heteroatoms. The molecule has 0 spiro atoms. The van der Waals surface area contributed by atoms with Gasteiger partial charge in [-0.1, -0.05) is 39.8 Å². The van der Waals surface area contributed by atoms with Crippen molar-refractivity contribution in [2.75, 3.05) is 60.6 Å². The van der Waals surface area contributed by atoms with E-state index >= 15 is 0 Å². The molecule has 1 fully saturated rings. The van der Waals surface area contributed by atoms with Crippen LogP contribution in [0.1, 0.15) is 56.5 Å². The second kappa shape index (κ2) is 14.5. The van der Waals surface area contributed by atoms with Crippen molar-refractivity contribution >= 4 is 11.8 Å². The van der Waals surface area contributed by atoms with Crippen LogP contribution in [0.3, 0.4) is 0 Å². The Bertz CT molecular complexity index is 1130. The maximum atomic E-state index is 13.5. The predicted molar refractivity (Wildman–Crippen MR) is 158 cm³/mol. The van der Waals surface area contributed by atoms with Crippen LogP contribution >= 0.6 is 0 Å². The van der Waals surface area contributed by atoms with Gasteiger partial charge >= 0.3 is 0 Å². The molecular weight excluding hydrogens is 525 g/mol. The minimum absolute atomic E-state index is 0.0927. The number of carbonyl (C=O) groups is 2. The molecule has 0 saturated carbocycles. The monoisotopic (exact) mass is 571 g/mol. The van der Waals surface area contributed by atoms with Gasteiger partial charge in [0.2, 0.25) is 11.7 Å². The highest BCUT2D eigenvalue weighted by Crippen LogP contribution is 2.38. The van der Waals surface area contributed by atoms with Crippen molar-refractivity contribution in [2.45, 2.75) is 47.1 Å². The number of halogens is 1. The molecule has 0 bridgehead atoms. The van der Waals surface area contributed by atoms with E-state index in [0.717, 1.165) is 12.0 Å². The summed E-state index contributed by atoms with van der Waals surface area (Å²) < 4.78 is 29.7. The normalized spacial score (nSPS) is 14.9. The smallest absolute Gasteiger partial charge is 0.254 e. The zero-order chi connectivity index (χ0) is 30.2. The topological polar surface area (TPSA) is 71.6 Å². The molecule has 0 aromatic heterocycles. The van der Waals surface area contributed by atoms with Crippen molar-refractivity contribution < 1.29 is 28.2 Å². The summed E-state index contributed by atoms with van der Waals surface area (Å²) in [6, 6.07) is 9.70. The zero-order valence-corrected chi connectivity index (χ0v) is 25.7. The summed E-state index contributed by atoms with van der Waals surface area (Å²) in [5, 5.41) is 0. The summed E-state index contributed by atoms with van der Waals surface area (Å²) in [4.78, 5) is 32.7. The van der Waals surface area contributed by atoms with E-state index in [2.05, 4.69) is 32.6 Å².